The standard InChI is InChI=1S/C11H11BrF3N5O/c1-6(7-2-16-17-3-7)19-8-4-18-20(5-11(13,14)15)10(21)9(8)12/h2-4,6,19H,5H2,1H3,(H,16,17). The monoisotopic (exact) mass is 365 g/mol. The van der Waals surface area contributed by atoms with E-state index in [4.69, 9.17) is 0 Å². The number of aromatic nitrogens is 4. The van der Waals surface area contributed by atoms with Gasteiger partial charge in [0.1, 0.15) is 11.0 Å². The summed E-state index contributed by atoms with van der Waals surface area (Å²) in [6, 6.07) is -0.195. The minimum absolute atomic E-state index is 0.00269. The molecule has 6 nitrogen and oxygen atoms in total. The van der Waals surface area contributed by atoms with Crippen molar-refractivity contribution in [2.45, 2.75) is 25.7 Å². The van der Waals surface area contributed by atoms with Crippen LogP contribution in [0.5, 0.6) is 0 Å². The van der Waals surface area contributed by atoms with E-state index in [1.807, 2.05) is 6.92 Å². The van der Waals surface area contributed by atoms with Gasteiger partial charge in [-0.25, -0.2) is 4.68 Å². The lowest BCUT2D eigenvalue weighted by molar-refractivity contribution is -0.143. The van der Waals surface area contributed by atoms with E-state index >= 15 is 0 Å². The molecule has 1 atom stereocenters. The molecule has 0 saturated heterocycles. The number of hydrogen-bond acceptors (Lipinski definition) is 4. The van der Waals surface area contributed by atoms with Gasteiger partial charge in [0.25, 0.3) is 5.56 Å². The lowest BCUT2D eigenvalue weighted by Gasteiger charge is -2.15. The molecule has 0 radical (unpaired) electrons. The van der Waals surface area contributed by atoms with Crippen LogP contribution in [0.3, 0.4) is 0 Å². The average molecular weight is 366 g/mol. The summed E-state index contributed by atoms with van der Waals surface area (Å²) in [4.78, 5) is 11.8. The normalized spacial score (nSPS) is 13.2. The van der Waals surface area contributed by atoms with Crippen LogP contribution in [0.2, 0.25) is 0 Å². The van der Waals surface area contributed by atoms with Crippen LogP contribution in [0.4, 0.5) is 18.9 Å². The first kappa shape index (κ1) is 15.5. The molecule has 21 heavy (non-hydrogen) atoms. The molecule has 2 aromatic rings. The van der Waals surface area contributed by atoms with E-state index in [0.717, 1.165) is 5.56 Å². The summed E-state index contributed by atoms with van der Waals surface area (Å²) >= 11 is 3.00. The number of H-pyrrole nitrogens is 1. The summed E-state index contributed by atoms with van der Waals surface area (Å²) in [5.74, 6) is 0. The second-order valence-corrected chi connectivity index (χ2v) is 5.14. The third-order valence-corrected chi connectivity index (χ3v) is 3.47. The fraction of sp³-hybridized carbons (Fsp3) is 0.364. The second-order valence-electron chi connectivity index (χ2n) is 4.35. The maximum Gasteiger partial charge on any atom is 0.408 e. The zero-order valence-corrected chi connectivity index (χ0v) is 12.4. The smallest absolute Gasteiger partial charge is 0.376 e. The molecule has 2 heterocycles. The number of rotatable bonds is 4. The van der Waals surface area contributed by atoms with E-state index in [2.05, 4.69) is 36.5 Å². The Labute approximate surface area is 125 Å². The van der Waals surface area contributed by atoms with Gasteiger partial charge in [0.05, 0.1) is 24.1 Å². The Morgan fingerprint density at radius 3 is 2.76 bits per heavy atom. The summed E-state index contributed by atoms with van der Waals surface area (Å²) in [6.45, 7) is 0.389. The molecule has 2 aromatic heterocycles. The number of hydrogen-bond donors (Lipinski definition) is 2. The van der Waals surface area contributed by atoms with Crippen LogP contribution in [0.1, 0.15) is 18.5 Å². The molecule has 1 unspecified atom stereocenters. The quantitative estimate of drug-likeness (QED) is 0.872. The Hall–Kier alpha value is -1.84. The summed E-state index contributed by atoms with van der Waals surface area (Å²) in [5.41, 5.74) is 0.296. The Bertz CT molecular complexity index is 667. The fourth-order valence-electron chi connectivity index (χ4n) is 1.66. The molecule has 0 spiro atoms. The lowest BCUT2D eigenvalue weighted by atomic mass is 10.2. The molecule has 0 aliphatic carbocycles. The van der Waals surface area contributed by atoms with Crippen molar-refractivity contribution < 1.29 is 13.2 Å². The first-order chi connectivity index (χ1) is 9.78. The van der Waals surface area contributed by atoms with Crippen molar-refractivity contribution in [3.63, 3.8) is 0 Å². The lowest BCUT2D eigenvalue weighted by Crippen LogP contribution is -2.31. The maximum atomic E-state index is 12.3. The SMILES string of the molecule is CC(Nc1cnn(CC(F)(F)F)c(=O)c1Br)c1cn[nH]c1. The predicted molar refractivity (Wildman–Crippen MR) is 72.9 cm³/mol. The van der Waals surface area contributed by atoms with E-state index < -0.39 is 18.3 Å². The van der Waals surface area contributed by atoms with Crippen LogP contribution in [0.25, 0.3) is 0 Å². The van der Waals surface area contributed by atoms with Gasteiger partial charge < -0.3 is 5.32 Å². The van der Waals surface area contributed by atoms with Crippen molar-refractivity contribution in [3.05, 3.63) is 39.0 Å². The Morgan fingerprint density at radius 2 is 2.19 bits per heavy atom. The van der Waals surface area contributed by atoms with Gasteiger partial charge >= 0.3 is 6.18 Å². The van der Waals surface area contributed by atoms with Gasteiger partial charge in [-0.3, -0.25) is 9.89 Å². The largest absolute Gasteiger partial charge is 0.408 e. The summed E-state index contributed by atoms with van der Waals surface area (Å²) in [5, 5.41) is 13.0. The Kier molecular flexibility index (Phi) is 4.35. The number of alkyl halides is 3. The first-order valence-corrected chi connectivity index (χ1v) is 6.65. The molecule has 10 heteroatoms. The molecule has 0 aliphatic rings. The zero-order chi connectivity index (χ0) is 15.6. The van der Waals surface area contributed by atoms with Crippen molar-refractivity contribution in [1.29, 1.82) is 0 Å². The zero-order valence-electron chi connectivity index (χ0n) is 10.8. The topological polar surface area (TPSA) is 75.6 Å². The maximum absolute atomic E-state index is 12.3. The van der Waals surface area contributed by atoms with E-state index in [0.29, 0.717) is 10.4 Å². The van der Waals surface area contributed by atoms with E-state index in [1.54, 1.807) is 12.4 Å². The van der Waals surface area contributed by atoms with Crippen LogP contribution in [-0.2, 0) is 6.54 Å². The number of nitrogens with zero attached hydrogens (tertiary/aromatic N) is 3. The van der Waals surface area contributed by atoms with Crippen molar-refractivity contribution in [2.24, 2.45) is 0 Å². The molecule has 2 rings (SSSR count). The molecule has 0 fully saturated rings. The van der Waals surface area contributed by atoms with E-state index in [-0.39, 0.29) is 10.5 Å². The molecular weight excluding hydrogens is 355 g/mol. The fourth-order valence-corrected chi connectivity index (χ4v) is 2.08. The molecule has 114 valence electrons. The highest BCUT2D eigenvalue weighted by atomic mass is 79.9. The third kappa shape index (κ3) is 3.84. The number of nitrogens with one attached hydrogen (secondary N) is 2. The minimum Gasteiger partial charge on any atom is -0.376 e. The van der Waals surface area contributed by atoms with Crippen molar-refractivity contribution in [2.75, 3.05) is 5.32 Å². The van der Waals surface area contributed by atoms with Gasteiger partial charge in [0, 0.05) is 11.8 Å². The van der Waals surface area contributed by atoms with Crippen LogP contribution in [-0.4, -0.2) is 26.2 Å². The highest BCUT2D eigenvalue weighted by Crippen LogP contribution is 2.23. The molecule has 0 saturated carbocycles. The van der Waals surface area contributed by atoms with Crippen molar-refractivity contribution in [1.82, 2.24) is 20.0 Å². The van der Waals surface area contributed by atoms with Crippen LogP contribution >= 0.6 is 15.9 Å². The second kappa shape index (κ2) is 5.88. The molecule has 0 aromatic carbocycles. The van der Waals surface area contributed by atoms with Crippen LogP contribution in [0, 0.1) is 0 Å². The van der Waals surface area contributed by atoms with E-state index in [1.165, 1.54) is 6.20 Å². The molecular formula is C11H11BrF3N5O. The molecule has 0 bridgehead atoms. The van der Waals surface area contributed by atoms with Crippen LogP contribution in [0.15, 0.2) is 27.9 Å². The Balaban J connectivity index is 2.23. The average Bonchev–Trinajstić information content (AvgIpc) is 2.91. The predicted octanol–water partition coefficient (Wildman–Crippen LogP) is 2.46. The van der Waals surface area contributed by atoms with Gasteiger partial charge in [-0.05, 0) is 22.9 Å². The summed E-state index contributed by atoms with van der Waals surface area (Å²) in [6.07, 6.45) is -0.0587. The summed E-state index contributed by atoms with van der Waals surface area (Å²) < 4.78 is 37.3. The molecule has 2 N–H and O–H groups in total. The first-order valence-electron chi connectivity index (χ1n) is 5.85. The van der Waals surface area contributed by atoms with Gasteiger partial charge in [-0.2, -0.15) is 23.4 Å². The number of anilines is 1. The van der Waals surface area contributed by atoms with Gasteiger partial charge in [0.2, 0.25) is 0 Å². The van der Waals surface area contributed by atoms with Gasteiger partial charge in [0.15, 0.2) is 0 Å². The highest BCUT2D eigenvalue weighted by molar-refractivity contribution is 9.10. The van der Waals surface area contributed by atoms with Crippen molar-refractivity contribution >= 4 is 21.6 Å². The van der Waals surface area contributed by atoms with Gasteiger partial charge in [-0.15, -0.1) is 0 Å². The third-order valence-electron chi connectivity index (χ3n) is 2.71. The van der Waals surface area contributed by atoms with Crippen LogP contribution < -0.4 is 10.9 Å². The number of aromatic amines is 1. The Morgan fingerprint density at radius 1 is 1.48 bits per heavy atom. The summed E-state index contributed by atoms with van der Waals surface area (Å²) in [7, 11) is 0. The van der Waals surface area contributed by atoms with E-state index in [9.17, 15) is 18.0 Å². The highest BCUT2D eigenvalue weighted by Gasteiger charge is 2.29. The molecule has 0 aliphatic heterocycles. The van der Waals surface area contributed by atoms with Crippen molar-refractivity contribution in [3.8, 4) is 0 Å². The molecule has 0 amide bonds. The van der Waals surface area contributed by atoms with Gasteiger partial charge in [-0.1, -0.05) is 0 Å². The number of halogens is 4. The minimum atomic E-state index is -4.50.